The highest BCUT2D eigenvalue weighted by atomic mass is 16.5. The number of nitrogens with two attached hydrogens (primary N) is 1. The molecule has 0 aromatic carbocycles. The number of nitrogens with zero attached hydrogens (tertiary/aromatic N) is 3. The van der Waals surface area contributed by atoms with E-state index in [-0.39, 0.29) is 0 Å². The number of aromatic nitrogens is 2. The van der Waals surface area contributed by atoms with Crippen LogP contribution in [0.3, 0.4) is 0 Å². The topological polar surface area (TPSA) is 64.3 Å². The van der Waals surface area contributed by atoms with Crippen LogP contribution in [-0.4, -0.2) is 36.2 Å². The molecule has 1 aliphatic heterocycles. The van der Waals surface area contributed by atoms with Gasteiger partial charge in [-0.2, -0.15) is 0 Å². The zero-order valence-corrected chi connectivity index (χ0v) is 11.0. The molecule has 18 heavy (non-hydrogen) atoms. The quantitative estimate of drug-likeness (QED) is 0.856. The summed E-state index contributed by atoms with van der Waals surface area (Å²) in [4.78, 5) is 10.7. The third-order valence-electron chi connectivity index (χ3n) is 3.35. The van der Waals surface area contributed by atoms with Gasteiger partial charge >= 0.3 is 0 Å². The van der Waals surface area contributed by atoms with E-state index in [1.165, 1.54) is 0 Å². The van der Waals surface area contributed by atoms with E-state index < -0.39 is 0 Å². The number of rotatable bonds is 5. The Hall–Kier alpha value is -1.36. The Bertz CT molecular complexity index is 364. The van der Waals surface area contributed by atoms with E-state index in [0.29, 0.717) is 18.4 Å². The van der Waals surface area contributed by atoms with Crippen LogP contribution in [0.4, 0.5) is 5.82 Å². The molecule has 2 heterocycles. The summed E-state index contributed by atoms with van der Waals surface area (Å²) in [5.74, 6) is 2.30. The first-order valence-corrected chi connectivity index (χ1v) is 6.73. The minimum atomic E-state index is 0.666. The molecular formula is C13H22N4O. The normalized spacial score (nSPS) is 16.9. The lowest BCUT2D eigenvalue weighted by atomic mass is 9.97. The van der Waals surface area contributed by atoms with Crippen molar-refractivity contribution in [1.82, 2.24) is 9.97 Å². The number of hydrogen-bond donors (Lipinski definition) is 1. The van der Waals surface area contributed by atoms with Crippen LogP contribution in [0.1, 0.15) is 26.2 Å². The summed E-state index contributed by atoms with van der Waals surface area (Å²) in [5.41, 5.74) is 5.70. The number of ether oxygens (including phenoxy) is 1. The van der Waals surface area contributed by atoms with Gasteiger partial charge in [-0.1, -0.05) is 6.92 Å². The first-order valence-electron chi connectivity index (χ1n) is 6.73. The molecule has 5 nitrogen and oxygen atoms in total. The fourth-order valence-corrected chi connectivity index (χ4v) is 2.19. The van der Waals surface area contributed by atoms with Gasteiger partial charge in [-0.05, 0) is 31.7 Å². The first-order chi connectivity index (χ1) is 8.83. The molecular weight excluding hydrogens is 228 g/mol. The van der Waals surface area contributed by atoms with Crippen LogP contribution < -0.4 is 15.4 Å². The summed E-state index contributed by atoms with van der Waals surface area (Å²) >= 11 is 0. The van der Waals surface area contributed by atoms with Crippen molar-refractivity contribution in [3.63, 3.8) is 0 Å². The minimum Gasteiger partial charge on any atom is -0.478 e. The smallest absolute Gasteiger partial charge is 0.218 e. The number of hydrogen-bond acceptors (Lipinski definition) is 5. The standard InChI is InChI=1S/C13H22N4O/c1-2-7-18-13-8-12(15-10-16-13)17-5-3-11(9-14)4-6-17/h8,10-11H,2-7,9,14H2,1H3. The summed E-state index contributed by atoms with van der Waals surface area (Å²) in [6, 6.07) is 1.93. The van der Waals surface area contributed by atoms with Crippen LogP contribution in [0.2, 0.25) is 0 Å². The van der Waals surface area contributed by atoms with Crippen molar-refractivity contribution in [2.45, 2.75) is 26.2 Å². The SMILES string of the molecule is CCCOc1cc(N2CCC(CN)CC2)ncn1. The highest BCUT2D eigenvalue weighted by molar-refractivity contribution is 5.41. The lowest BCUT2D eigenvalue weighted by molar-refractivity contribution is 0.304. The highest BCUT2D eigenvalue weighted by Gasteiger charge is 2.19. The molecule has 0 spiro atoms. The van der Waals surface area contributed by atoms with Crippen LogP contribution in [0.5, 0.6) is 5.88 Å². The second kappa shape index (κ2) is 6.54. The van der Waals surface area contributed by atoms with Crippen molar-refractivity contribution in [2.24, 2.45) is 11.7 Å². The van der Waals surface area contributed by atoms with Crippen LogP contribution >= 0.6 is 0 Å². The first kappa shape index (κ1) is 13.1. The zero-order valence-electron chi connectivity index (χ0n) is 11.0. The predicted octanol–water partition coefficient (Wildman–Crippen LogP) is 1.44. The van der Waals surface area contributed by atoms with Gasteiger partial charge in [0.25, 0.3) is 0 Å². The molecule has 1 fully saturated rings. The predicted molar refractivity (Wildman–Crippen MR) is 71.8 cm³/mol. The van der Waals surface area contributed by atoms with Gasteiger partial charge in [0.15, 0.2) is 0 Å². The molecule has 0 atom stereocenters. The highest BCUT2D eigenvalue weighted by Crippen LogP contribution is 2.22. The maximum absolute atomic E-state index is 5.70. The van der Waals surface area contributed by atoms with E-state index in [1.807, 2.05) is 6.07 Å². The molecule has 0 aliphatic carbocycles. The molecule has 0 unspecified atom stereocenters. The second-order valence-corrected chi connectivity index (χ2v) is 4.73. The van der Waals surface area contributed by atoms with E-state index in [9.17, 15) is 0 Å². The van der Waals surface area contributed by atoms with Gasteiger partial charge in [0, 0.05) is 19.2 Å². The average molecular weight is 250 g/mol. The summed E-state index contributed by atoms with van der Waals surface area (Å²) in [7, 11) is 0. The molecule has 2 rings (SSSR count). The van der Waals surface area contributed by atoms with Gasteiger partial charge in [-0.25, -0.2) is 9.97 Å². The van der Waals surface area contributed by atoms with Gasteiger partial charge in [0.05, 0.1) is 6.61 Å². The van der Waals surface area contributed by atoms with E-state index in [2.05, 4.69) is 21.8 Å². The number of piperidine rings is 1. The largest absolute Gasteiger partial charge is 0.478 e. The van der Waals surface area contributed by atoms with Crippen LogP contribution in [0, 0.1) is 5.92 Å². The van der Waals surface area contributed by atoms with E-state index in [0.717, 1.165) is 44.7 Å². The maximum Gasteiger partial charge on any atom is 0.218 e. The molecule has 1 aliphatic rings. The van der Waals surface area contributed by atoms with Gasteiger partial charge in [0.2, 0.25) is 5.88 Å². The monoisotopic (exact) mass is 250 g/mol. The Labute approximate surface area is 108 Å². The zero-order chi connectivity index (χ0) is 12.8. The summed E-state index contributed by atoms with van der Waals surface area (Å²) in [6.45, 7) is 5.62. The van der Waals surface area contributed by atoms with Crippen molar-refractivity contribution in [3.05, 3.63) is 12.4 Å². The van der Waals surface area contributed by atoms with Gasteiger partial charge in [0.1, 0.15) is 12.1 Å². The van der Waals surface area contributed by atoms with Crippen molar-refractivity contribution >= 4 is 5.82 Å². The fraction of sp³-hybridized carbons (Fsp3) is 0.692. The van der Waals surface area contributed by atoms with Gasteiger partial charge in [-0.15, -0.1) is 0 Å². The molecule has 1 aromatic heterocycles. The summed E-state index contributed by atoms with van der Waals surface area (Å²) in [6.07, 6.45) is 4.86. The Morgan fingerprint density at radius 1 is 1.39 bits per heavy atom. The Balaban J connectivity index is 1.96. The summed E-state index contributed by atoms with van der Waals surface area (Å²) in [5, 5.41) is 0. The third kappa shape index (κ3) is 3.32. The molecule has 0 amide bonds. The van der Waals surface area contributed by atoms with Crippen LogP contribution in [0.25, 0.3) is 0 Å². The lowest BCUT2D eigenvalue weighted by Gasteiger charge is -2.32. The molecule has 1 aromatic rings. The van der Waals surface area contributed by atoms with E-state index in [4.69, 9.17) is 10.5 Å². The molecule has 0 saturated carbocycles. The summed E-state index contributed by atoms with van der Waals surface area (Å²) < 4.78 is 5.53. The van der Waals surface area contributed by atoms with E-state index in [1.54, 1.807) is 6.33 Å². The van der Waals surface area contributed by atoms with Crippen LogP contribution in [0.15, 0.2) is 12.4 Å². The molecule has 2 N–H and O–H groups in total. The lowest BCUT2D eigenvalue weighted by Crippen LogP contribution is -2.36. The Morgan fingerprint density at radius 3 is 2.83 bits per heavy atom. The molecule has 0 bridgehead atoms. The van der Waals surface area contributed by atoms with Crippen molar-refractivity contribution in [3.8, 4) is 5.88 Å². The molecule has 100 valence electrons. The molecule has 5 heteroatoms. The molecule has 1 saturated heterocycles. The minimum absolute atomic E-state index is 0.666. The van der Waals surface area contributed by atoms with Gasteiger partial charge in [-0.3, -0.25) is 0 Å². The van der Waals surface area contributed by atoms with Crippen molar-refractivity contribution in [1.29, 1.82) is 0 Å². The van der Waals surface area contributed by atoms with Gasteiger partial charge < -0.3 is 15.4 Å². The molecule has 0 radical (unpaired) electrons. The van der Waals surface area contributed by atoms with Crippen molar-refractivity contribution < 1.29 is 4.74 Å². The van der Waals surface area contributed by atoms with E-state index >= 15 is 0 Å². The average Bonchev–Trinajstić information content (AvgIpc) is 2.45. The Kier molecular flexibility index (Phi) is 4.75. The maximum atomic E-state index is 5.70. The van der Waals surface area contributed by atoms with Crippen LogP contribution in [-0.2, 0) is 0 Å². The van der Waals surface area contributed by atoms with Crippen molar-refractivity contribution in [2.75, 3.05) is 31.1 Å². The third-order valence-corrected chi connectivity index (χ3v) is 3.35. The number of anilines is 1. The fourth-order valence-electron chi connectivity index (χ4n) is 2.19. The Morgan fingerprint density at radius 2 is 2.17 bits per heavy atom. The second-order valence-electron chi connectivity index (χ2n) is 4.73.